The molecule has 0 saturated heterocycles. The second-order valence-corrected chi connectivity index (χ2v) is 10.0. The molecule has 0 spiro atoms. The number of alkyl halides is 5. The van der Waals surface area contributed by atoms with Crippen LogP contribution in [-0.4, -0.2) is 26.8 Å². The van der Waals surface area contributed by atoms with E-state index >= 15 is 0 Å². The van der Waals surface area contributed by atoms with E-state index in [9.17, 15) is 31.1 Å². The lowest BCUT2D eigenvalue weighted by atomic mass is 9.85. The molecule has 0 radical (unpaired) electrons. The summed E-state index contributed by atoms with van der Waals surface area (Å²) in [5.41, 5.74) is -0.429. The quantitative estimate of drug-likeness (QED) is 0.318. The molecule has 0 amide bonds. The Bertz CT molecular complexity index is 1310. The molecular formula is C28H29F6N3O2. The molecule has 39 heavy (non-hydrogen) atoms. The Labute approximate surface area is 221 Å². The highest BCUT2D eigenvalue weighted by atomic mass is 19.4. The van der Waals surface area contributed by atoms with Gasteiger partial charge in [-0.3, -0.25) is 9.78 Å². The highest BCUT2D eigenvalue weighted by Crippen LogP contribution is 2.40. The van der Waals surface area contributed by atoms with Crippen LogP contribution in [0.15, 0.2) is 53.5 Å². The fourth-order valence-electron chi connectivity index (χ4n) is 4.84. The van der Waals surface area contributed by atoms with E-state index in [1.54, 1.807) is 6.07 Å². The van der Waals surface area contributed by atoms with Crippen LogP contribution in [0.2, 0.25) is 0 Å². The molecule has 2 saturated carbocycles. The van der Waals surface area contributed by atoms with Gasteiger partial charge in [0.2, 0.25) is 5.88 Å². The number of benzene rings is 1. The molecular weight excluding hydrogens is 524 g/mol. The first-order valence-corrected chi connectivity index (χ1v) is 12.8. The maximum absolute atomic E-state index is 13.4. The largest absolute Gasteiger partial charge is 0.473 e. The Morgan fingerprint density at radius 2 is 1.77 bits per heavy atom. The van der Waals surface area contributed by atoms with Gasteiger partial charge in [0.25, 0.3) is 11.5 Å². The Hall–Kier alpha value is -3.37. The van der Waals surface area contributed by atoms with Gasteiger partial charge in [0.1, 0.15) is 11.9 Å². The number of nitrogens with zero attached hydrogens (tertiary/aromatic N) is 3. The van der Waals surface area contributed by atoms with Gasteiger partial charge in [0, 0.05) is 30.7 Å². The van der Waals surface area contributed by atoms with Crippen LogP contribution in [0, 0.1) is 12.7 Å². The lowest BCUT2D eigenvalue weighted by Crippen LogP contribution is -2.43. The third-order valence-corrected chi connectivity index (χ3v) is 6.84. The molecule has 3 aromatic rings. The van der Waals surface area contributed by atoms with Crippen molar-refractivity contribution in [3.05, 3.63) is 87.2 Å². The smallest absolute Gasteiger partial charge is 0.418 e. The first kappa shape index (κ1) is 28.6. The van der Waals surface area contributed by atoms with Crippen molar-refractivity contribution in [2.45, 2.75) is 82.5 Å². The lowest BCUT2D eigenvalue weighted by Gasteiger charge is -2.34. The predicted octanol–water partition coefficient (Wildman–Crippen LogP) is 7.06. The van der Waals surface area contributed by atoms with Crippen molar-refractivity contribution >= 4 is 0 Å². The molecule has 2 aromatic heterocycles. The Morgan fingerprint density at radius 3 is 2.36 bits per heavy atom. The SMILES string of the molecule is Cc1cccc(F)c1.O=c1c(C2CCCCC2)cc(OC2CC(F)(F)C2)nn1Cc1ncccc1C(F)(F)F. The molecule has 2 aliphatic rings. The Balaban J connectivity index is 0.000000379. The Morgan fingerprint density at radius 1 is 1.05 bits per heavy atom. The molecule has 0 atom stereocenters. The maximum Gasteiger partial charge on any atom is 0.418 e. The minimum atomic E-state index is -4.63. The lowest BCUT2D eigenvalue weighted by molar-refractivity contribution is -0.138. The predicted molar refractivity (Wildman–Crippen MR) is 132 cm³/mol. The first-order chi connectivity index (χ1) is 18.4. The molecule has 5 nitrogen and oxygen atoms in total. The number of ether oxygens (including phenoxy) is 1. The number of aryl methyl sites for hydroxylation is 1. The number of aromatic nitrogens is 3. The van der Waals surface area contributed by atoms with Gasteiger partial charge in [-0.1, -0.05) is 31.4 Å². The number of hydrogen-bond donors (Lipinski definition) is 0. The molecule has 2 aliphatic carbocycles. The van der Waals surface area contributed by atoms with Crippen molar-refractivity contribution in [3.63, 3.8) is 0 Å². The van der Waals surface area contributed by atoms with Crippen LogP contribution in [0.4, 0.5) is 26.3 Å². The molecule has 5 rings (SSSR count). The summed E-state index contributed by atoms with van der Waals surface area (Å²) in [6, 6.07) is 10.0. The van der Waals surface area contributed by atoms with Crippen molar-refractivity contribution in [1.29, 1.82) is 0 Å². The van der Waals surface area contributed by atoms with Crippen LogP contribution < -0.4 is 10.3 Å². The standard InChI is InChI=1S/C21H22F5N3O2.C7H7F/c22-20(23)10-14(11-20)31-18-9-15(13-5-2-1-3-6-13)19(30)29(28-18)12-17-16(21(24,25)26)7-4-8-27-17;1-6-3-2-4-7(8)5-6/h4,7-9,13-14H,1-3,5-6,10-12H2;2-5H,1H3. The Kier molecular flexibility index (Phi) is 8.66. The van der Waals surface area contributed by atoms with Crippen LogP contribution in [0.1, 0.15) is 73.2 Å². The molecule has 1 aromatic carbocycles. The summed E-state index contributed by atoms with van der Waals surface area (Å²) >= 11 is 0. The molecule has 2 heterocycles. The van der Waals surface area contributed by atoms with Crippen LogP contribution in [0.3, 0.4) is 0 Å². The van der Waals surface area contributed by atoms with E-state index in [2.05, 4.69) is 10.1 Å². The van der Waals surface area contributed by atoms with Crippen LogP contribution >= 0.6 is 0 Å². The third-order valence-electron chi connectivity index (χ3n) is 6.84. The van der Waals surface area contributed by atoms with E-state index in [0.717, 1.165) is 48.4 Å². The summed E-state index contributed by atoms with van der Waals surface area (Å²) < 4.78 is 85.1. The molecule has 2 fully saturated rings. The fraction of sp³-hybridized carbons (Fsp3) is 0.464. The summed E-state index contributed by atoms with van der Waals surface area (Å²) in [7, 11) is 0. The van der Waals surface area contributed by atoms with Gasteiger partial charge in [0.15, 0.2) is 0 Å². The second-order valence-electron chi connectivity index (χ2n) is 10.0. The summed E-state index contributed by atoms with van der Waals surface area (Å²) in [5, 5.41) is 4.05. The minimum absolute atomic E-state index is 0.0230. The van der Waals surface area contributed by atoms with Crippen LogP contribution in [0.25, 0.3) is 0 Å². The van der Waals surface area contributed by atoms with E-state index in [-0.39, 0.29) is 23.3 Å². The van der Waals surface area contributed by atoms with Crippen molar-refractivity contribution < 1.29 is 31.1 Å². The van der Waals surface area contributed by atoms with E-state index < -0.39 is 48.7 Å². The fourth-order valence-corrected chi connectivity index (χ4v) is 4.84. The molecule has 0 aliphatic heterocycles. The zero-order valence-corrected chi connectivity index (χ0v) is 21.4. The van der Waals surface area contributed by atoms with Crippen LogP contribution in [-0.2, 0) is 12.7 Å². The second kappa shape index (κ2) is 11.8. The third kappa shape index (κ3) is 7.60. The summed E-state index contributed by atoms with van der Waals surface area (Å²) in [6.07, 6.45) is -0.580. The summed E-state index contributed by atoms with van der Waals surface area (Å²) in [6.45, 7) is 1.37. The van der Waals surface area contributed by atoms with Gasteiger partial charge < -0.3 is 4.74 Å². The summed E-state index contributed by atoms with van der Waals surface area (Å²) in [5.74, 6) is -3.04. The first-order valence-electron chi connectivity index (χ1n) is 12.8. The zero-order chi connectivity index (χ0) is 28.2. The average molecular weight is 554 g/mol. The highest BCUT2D eigenvalue weighted by molar-refractivity contribution is 5.26. The van der Waals surface area contributed by atoms with Crippen molar-refractivity contribution in [3.8, 4) is 5.88 Å². The number of hydrogen-bond acceptors (Lipinski definition) is 4. The van der Waals surface area contributed by atoms with Gasteiger partial charge >= 0.3 is 6.18 Å². The average Bonchev–Trinajstić information content (AvgIpc) is 2.85. The highest BCUT2D eigenvalue weighted by Gasteiger charge is 2.47. The van der Waals surface area contributed by atoms with E-state index in [0.29, 0.717) is 5.56 Å². The molecule has 210 valence electrons. The number of pyridine rings is 1. The monoisotopic (exact) mass is 553 g/mol. The molecule has 0 N–H and O–H groups in total. The minimum Gasteiger partial charge on any atom is -0.473 e. The van der Waals surface area contributed by atoms with E-state index in [4.69, 9.17) is 4.74 Å². The maximum atomic E-state index is 13.4. The normalized spacial score (nSPS) is 17.6. The summed E-state index contributed by atoms with van der Waals surface area (Å²) in [4.78, 5) is 16.9. The van der Waals surface area contributed by atoms with Crippen molar-refractivity contribution in [2.75, 3.05) is 0 Å². The van der Waals surface area contributed by atoms with Gasteiger partial charge in [-0.05, 0) is 55.5 Å². The molecule has 0 bridgehead atoms. The van der Waals surface area contributed by atoms with Gasteiger partial charge in [0.05, 0.1) is 17.8 Å². The number of rotatable bonds is 5. The van der Waals surface area contributed by atoms with Gasteiger partial charge in [-0.25, -0.2) is 17.9 Å². The number of halogens is 6. The van der Waals surface area contributed by atoms with E-state index in [1.807, 2.05) is 13.0 Å². The topological polar surface area (TPSA) is 57.0 Å². The van der Waals surface area contributed by atoms with Gasteiger partial charge in [-0.15, -0.1) is 5.10 Å². The molecule has 0 unspecified atom stereocenters. The zero-order valence-electron chi connectivity index (χ0n) is 21.4. The van der Waals surface area contributed by atoms with E-state index in [1.165, 1.54) is 30.5 Å². The van der Waals surface area contributed by atoms with Crippen molar-refractivity contribution in [1.82, 2.24) is 14.8 Å². The van der Waals surface area contributed by atoms with Gasteiger partial charge in [-0.2, -0.15) is 13.2 Å². The van der Waals surface area contributed by atoms with Crippen LogP contribution in [0.5, 0.6) is 5.88 Å². The van der Waals surface area contributed by atoms with Crippen molar-refractivity contribution in [2.24, 2.45) is 0 Å². The molecule has 11 heteroatoms.